The van der Waals surface area contributed by atoms with Gasteiger partial charge in [-0.1, -0.05) is 26.0 Å². The maximum Gasteiger partial charge on any atom is 0.224 e. The van der Waals surface area contributed by atoms with Gasteiger partial charge in [-0.05, 0) is 42.0 Å². The third-order valence-electron chi connectivity index (χ3n) is 3.51. The largest absolute Gasteiger partial charge is 0.330 e. The molecule has 17 heavy (non-hydrogen) atoms. The van der Waals surface area contributed by atoms with Crippen molar-refractivity contribution < 1.29 is 4.79 Å². The predicted octanol–water partition coefficient (Wildman–Crippen LogP) is 2.27. The molecule has 1 heterocycles. The summed E-state index contributed by atoms with van der Waals surface area (Å²) < 4.78 is 0. The lowest BCUT2D eigenvalue weighted by atomic mass is 9.86. The molecular formula is C14H20N2O. The van der Waals surface area contributed by atoms with Gasteiger partial charge in [0.2, 0.25) is 5.91 Å². The van der Waals surface area contributed by atoms with E-state index in [9.17, 15) is 4.79 Å². The van der Waals surface area contributed by atoms with E-state index in [1.807, 2.05) is 6.07 Å². The summed E-state index contributed by atoms with van der Waals surface area (Å²) in [6.07, 6.45) is 1.43. The summed E-state index contributed by atoms with van der Waals surface area (Å²) in [5.41, 5.74) is 9.32. The smallest absolute Gasteiger partial charge is 0.224 e. The minimum Gasteiger partial charge on any atom is -0.330 e. The van der Waals surface area contributed by atoms with Crippen molar-refractivity contribution in [3.8, 4) is 0 Å². The number of fused-ring (bicyclic) bond motifs is 1. The molecule has 0 saturated heterocycles. The Labute approximate surface area is 102 Å². The van der Waals surface area contributed by atoms with Crippen LogP contribution in [-0.4, -0.2) is 12.5 Å². The van der Waals surface area contributed by atoms with E-state index >= 15 is 0 Å². The van der Waals surface area contributed by atoms with E-state index in [1.54, 1.807) is 0 Å². The van der Waals surface area contributed by atoms with Crippen LogP contribution in [0.3, 0.4) is 0 Å². The first kappa shape index (κ1) is 12.1. The molecule has 0 bridgehead atoms. The van der Waals surface area contributed by atoms with E-state index in [4.69, 9.17) is 5.73 Å². The van der Waals surface area contributed by atoms with E-state index in [1.165, 1.54) is 11.1 Å². The number of rotatable bonds is 3. The zero-order chi connectivity index (χ0) is 12.4. The van der Waals surface area contributed by atoms with Crippen molar-refractivity contribution in [3.05, 3.63) is 29.3 Å². The standard InChI is InChI=1S/C14H20N2O/c1-9(2)12(8-15)10-3-5-13-11(7-10)4-6-14(17)16-13/h3,5,7,9,12H,4,6,8,15H2,1-2H3,(H,16,17). The van der Waals surface area contributed by atoms with E-state index in [0.717, 1.165) is 12.1 Å². The number of carbonyl (C=O) groups excluding carboxylic acids is 1. The summed E-state index contributed by atoms with van der Waals surface area (Å²) in [6.45, 7) is 5.06. The number of carbonyl (C=O) groups is 1. The van der Waals surface area contributed by atoms with Gasteiger partial charge in [0.15, 0.2) is 0 Å². The van der Waals surface area contributed by atoms with Crippen LogP contribution in [0.15, 0.2) is 18.2 Å². The van der Waals surface area contributed by atoms with Gasteiger partial charge in [-0.15, -0.1) is 0 Å². The number of anilines is 1. The molecule has 3 nitrogen and oxygen atoms in total. The molecule has 1 aromatic carbocycles. The van der Waals surface area contributed by atoms with Crippen LogP contribution < -0.4 is 11.1 Å². The Morgan fingerprint density at radius 1 is 1.35 bits per heavy atom. The minimum atomic E-state index is 0.115. The predicted molar refractivity (Wildman–Crippen MR) is 70.0 cm³/mol. The molecule has 0 radical (unpaired) electrons. The van der Waals surface area contributed by atoms with Crippen molar-refractivity contribution in [2.24, 2.45) is 11.7 Å². The summed E-state index contributed by atoms with van der Waals surface area (Å²) >= 11 is 0. The molecule has 1 aliphatic heterocycles. The Hall–Kier alpha value is -1.35. The van der Waals surface area contributed by atoms with Crippen molar-refractivity contribution in [1.29, 1.82) is 0 Å². The molecule has 3 heteroatoms. The maximum absolute atomic E-state index is 11.3. The highest BCUT2D eigenvalue weighted by molar-refractivity contribution is 5.93. The summed E-state index contributed by atoms with van der Waals surface area (Å²) in [4.78, 5) is 11.3. The van der Waals surface area contributed by atoms with E-state index in [-0.39, 0.29) is 5.91 Å². The Morgan fingerprint density at radius 3 is 2.76 bits per heavy atom. The van der Waals surface area contributed by atoms with Crippen molar-refractivity contribution in [2.75, 3.05) is 11.9 Å². The molecule has 1 atom stereocenters. The second-order valence-electron chi connectivity index (χ2n) is 5.05. The SMILES string of the molecule is CC(C)C(CN)c1ccc2c(c1)CCC(=O)N2. The van der Waals surface area contributed by atoms with Crippen molar-refractivity contribution in [2.45, 2.75) is 32.6 Å². The third kappa shape index (κ3) is 2.50. The molecule has 1 aromatic rings. The van der Waals surface area contributed by atoms with Crippen LogP contribution in [0.2, 0.25) is 0 Å². The number of benzene rings is 1. The zero-order valence-corrected chi connectivity index (χ0v) is 10.5. The van der Waals surface area contributed by atoms with Gasteiger partial charge in [0.1, 0.15) is 0 Å². The van der Waals surface area contributed by atoms with Gasteiger partial charge in [-0.25, -0.2) is 0 Å². The summed E-state index contributed by atoms with van der Waals surface area (Å²) in [6, 6.07) is 6.29. The summed E-state index contributed by atoms with van der Waals surface area (Å²) in [5, 5.41) is 2.90. The molecule has 0 saturated carbocycles. The Bertz CT molecular complexity index is 426. The van der Waals surface area contributed by atoms with Crippen LogP contribution in [0.5, 0.6) is 0 Å². The highest BCUT2D eigenvalue weighted by atomic mass is 16.1. The fourth-order valence-electron chi connectivity index (χ4n) is 2.43. The van der Waals surface area contributed by atoms with Crippen LogP contribution in [-0.2, 0) is 11.2 Å². The van der Waals surface area contributed by atoms with Gasteiger partial charge in [0, 0.05) is 12.1 Å². The number of nitrogens with two attached hydrogens (primary N) is 1. The average Bonchev–Trinajstić information content (AvgIpc) is 2.29. The maximum atomic E-state index is 11.3. The van der Waals surface area contributed by atoms with Crippen LogP contribution >= 0.6 is 0 Å². The molecular weight excluding hydrogens is 212 g/mol. The van der Waals surface area contributed by atoms with Crippen LogP contribution in [0.4, 0.5) is 5.69 Å². The van der Waals surface area contributed by atoms with Gasteiger partial charge in [0.25, 0.3) is 0 Å². The van der Waals surface area contributed by atoms with Crippen LogP contribution in [0.1, 0.15) is 37.3 Å². The lowest BCUT2D eigenvalue weighted by molar-refractivity contribution is -0.116. The third-order valence-corrected chi connectivity index (χ3v) is 3.51. The molecule has 0 aliphatic carbocycles. The molecule has 0 spiro atoms. The molecule has 0 fully saturated rings. The first-order valence-corrected chi connectivity index (χ1v) is 6.24. The monoisotopic (exact) mass is 232 g/mol. The number of hydrogen-bond acceptors (Lipinski definition) is 2. The molecule has 3 N–H and O–H groups in total. The second kappa shape index (κ2) is 4.88. The van der Waals surface area contributed by atoms with Gasteiger partial charge in [0.05, 0.1) is 0 Å². The quantitative estimate of drug-likeness (QED) is 0.840. The number of nitrogens with one attached hydrogen (secondary N) is 1. The van der Waals surface area contributed by atoms with Crippen molar-refractivity contribution >= 4 is 11.6 Å². The molecule has 1 aliphatic rings. The Balaban J connectivity index is 2.30. The van der Waals surface area contributed by atoms with Crippen LogP contribution in [0, 0.1) is 5.92 Å². The Kier molecular flexibility index (Phi) is 3.48. The van der Waals surface area contributed by atoms with Crippen molar-refractivity contribution in [3.63, 3.8) is 0 Å². The van der Waals surface area contributed by atoms with Gasteiger partial charge < -0.3 is 11.1 Å². The van der Waals surface area contributed by atoms with E-state index in [0.29, 0.717) is 24.8 Å². The molecule has 0 aromatic heterocycles. The fraction of sp³-hybridized carbons (Fsp3) is 0.500. The highest BCUT2D eigenvalue weighted by Gasteiger charge is 2.18. The number of hydrogen-bond donors (Lipinski definition) is 2. The lowest BCUT2D eigenvalue weighted by Crippen LogP contribution is -2.21. The van der Waals surface area contributed by atoms with E-state index < -0.39 is 0 Å². The fourth-order valence-corrected chi connectivity index (χ4v) is 2.43. The summed E-state index contributed by atoms with van der Waals surface area (Å²) in [5.74, 6) is 1.05. The van der Waals surface area contributed by atoms with Crippen LogP contribution in [0.25, 0.3) is 0 Å². The highest BCUT2D eigenvalue weighted by Crippen LogP contribution is 2.29. The van der Waals surface area contributed by atoms with Gasteiger partial charge >= 0.3 is 0 Å². The average molecular weight is 232 g/mol. The lowest BCUT2D eigenvalue weighted by Gasteiger charge is -2.23. The minimum absolute atomic E-state index is 0.115. The summed E-state index contributed by atoms with van der Waals surface area (Å²) in [7, 11) is 0. The molecule has 1 amide bonds. The number of aryl methyl sites for hydroxylation is 1. The second-order valence-corrected chi connectivity index (χ2v) is 5.05. The zero-order valence-electron chi connectivity index (χ0n) is 10.5. The van der Waals surface area contributed by atoms with Gasteiger partial charge in [-0.2, -0.15) is 0 Å². The Morgan fingerprint density at radius 2 is 2.12 bits per heavy atom. The van der Waals surface area contributed by atoms with Crippen molar-refractivity contribution in [1.82, 2.24) is 0 Å². The first-order valence-electron chi connectivity index (χ1n) is 6.24. The normalized spacial score (nSPS) is 16.6. The molecule has 2 rings (SSSR count). The topological polar surface area (TPSA) is 55.1 Å². The number of amides is 1. The molecule has 1 unspecified atom stereocenters. The van der Waals surface area contributed by atoms with E-state index in [2.05, 4.69) is 31.3 Å². The molecule has 92 valence electrons. The first-order chi connectivity index (χ1) is 8.11. The van der Waals surface area contributed by atoms with Gasteiger partial charge in [-0.3, -0.25) is 4.79 Å².